The van der Waals surface area contributed by atoms with Gasteiger partial charge >= 0.3 is 5.97 Å². The van der Waals surface area contributed by atoms with Crippen LogP contribution in [-0.2, 0) is 11.3 Å². The molecule has 1 aromatic heterocycles. The van der Waals surface area contributed by atoms with E-state index in [0.29, 0.717) is 12.1 Å². The van der Waals surface area contributed by atoms with Gasteiger partial charge in [-0.05, 0) is 31.1 Å². The van der Waals surface area contributed by atoms with Crippen LogP contribution in [0, 0.1) is 0 Å². The zero-order valence-corrected chi connectivity index (χ0v) is 10.3. The standard InChI is InChI=1S/C13H17NO3/c1-4-14-11(9(2)3)7-5-10(13(14)17)6-8-12(15)16/h5-9H,4H2,1-3H3,(H,15,16)/b8-6+. The van der Waals surface area contributed by atoms with Crippen LogP contribution in [0.2, 0.25) is 0 Å². The van der Waals surface area contributed by atoms with Crippen molar-refractivity contribution in [1.82, 2.24) is 4.57 Å². The lowest BCUT2D eigenvalue weighted by Crippen LogP contribution is -2.25. The molecule has 1 aromatic rings. The van der Waals surface area contributed by atoms with Crippen molar-refractivity contribution in [3.63, 3.8) is 0 Å². The molecular formula is C13H17NO3. The van der Waals surface area contributed by atoms with Crippen molar-refractivity contribution in [1.29, 1.82) is 0 Å². The predicted octanol–water partition coefficient (Wildman–Crippen LogP) is 2.09. The van der Waals surface area contributed by atoms with Gasteiger partial charge in [0, 0.05) is 23.9 Å². The number of pyridine rings is 1. The number of carboxylic acids is 1. The van der Waals surface area contributed by atoms with Gasteiger partial charge < -0.3 is 9.67 Å². The number of hydrogen-bond acceptors (Lipinski definition) is 2. The topological polar surface area (TPSA) is 59.3 Å². The van der Waals surface area contributed by atoms with Crippen LogP contribution in [0.1, 0.15) is 37.9 Å². The van der Waals surface area contributed by atoms with E-state index in [-0.39, 0.29) is 11.5 Å². The Morgan fingerprint density at radius 2 is 2.12 bits per heavy atom. The second kappa shape index (κ2) is 5.48. The molecule has 1 N–H and O–H groups in total. The van der Waals surface area contributed by atoms with Crippen LogP contribution >= 0.6 is 0 Å². The van der Waals surface area contributed by atoms with Crippen LogP contribution in [0.4, 0.5) is 0 Å². The van der Waals surface area contributed by atoms with Crippen LogP contribution < -0.4 is 5.56 Å². The Bertz CT molecular complexity index is 498. The minimum atomic E-state index is -1.06. The summed E-state index contributed by atoms with van der Waals surface area (Å²) in [6, 6.07) is 3.54. The van der Waals surface area contributed by atoms with E-state index in [4.69, 9.17) is 5.11 Å². The fraction of sp³-hybridized carbons (Fsp3) is 0.385. The molecule has 0 aliphatic rings. The Morgan fingerprint density at radius 1 is 1.47 bits per heavy atom. The summed E-state index contributed by atoms with van der Waals surface area (Å²) < 4.78 is 1.67. The molecule has 4 heteroatoms. The van der Waals surface area contributed by atoms with Crippen molar-refractivity contribution in [3.8, 4) is 0 Å². The van der Waals surface area contributed by atoms with Crippen molar-refractivity contribution >= 4 is 12.0 Å². The summed E-state index contributed by atoms with van der Waals surface area (Å²) >= 11 is 0. The number of nitrogens with zero attached hydrogens (tertiary/aromatic N) is 1. The zero-order valence-electron chi connectivity index (χ0n) is 10.3. The maximum Gasteiger partial charge on any atom is 0.328 e. The normalized spacial score (nSPS) is 11.3. The molecule has 0 radical (unpaired) electrons. The highest BCUT2D eigenvalue weighted by Gasteiger charge is 2.08. The van der Waals surface area contributed by atoms with E-state index < -0.39 is 5.97 Å². The molecular weight excluding hydrogens is 218 g/mol. The van der Waals surface area contributed by atoms with Crippen molar-refractivity contribution in [3.05, 3.63) is 39.8 Å². The lowest BCUT2D eigenvalue weighted by Gasteiger charge is -2.14. The average molecular weight is 235 g/mol. The van der Waals surface area contributed by atoms with Gasteiger partial charge in [-0.2, -0.15) is 0 Å². The molecule has 0 saturated heterocycles. The molecule has 1 rings (SSSR count). The summed E-state index contributed by atoms with van der Waals surface area (Å²) in [4.78, 5) is 22.5. The number of aliphatic carboxylic acids is 1. The van der Waals surface area contributed by atoms with Crippen molar-refractivity contribution in [2.45, 2.75) is 33.2 Å². The van der Waals surface area contributed by atoms with E-state index in [9.17, 15) is 9.59 Å². The SMILES string of the molecule is CCn1c(C(C)C)ccc(/C=C/C(=O)O)c1=O. The number of hydrogen-bond donors (Lipinski definition) is 1. The maximum atomic E-state index is 12.1. The third-order valence-electron chi connectivity index (χ3n) is 2.55. The first-order valence-corrected chi connectivity index (χ1v) is 5.62. The third kappa shape index (κ3) is 3.06. The van der Waals surface area contributed by atoms with Crippen molar-refractivity contribution in [2.75, 3.05) is 0 Å². The van der Waals surface area contributed by atoms with Crippen LogP contribution in [0.3, 0.4) is 0 Å². The molecule has 0 aromatic carbocycles. The van der Waals surface area contributed by atoms with Gasteiger partial charge in [0.1, 0.15) is 0 Å². The van der Waals surface area contributed by atoms with Gasteiger partial charge in [0.25, 0.3) is 5.56 Å². The van der Waals surface area contributed by atoms with E-state index in [2.05, 4.69) is 0 Å². The molecule has 0 fully saturated rings. The van der Waals surface area contributed by atoms with Crippen LogP contribution in [0.25, 0.3) is 6.08 Å². The zero-order chi connectivity index (χ0) is 13.0. The maximum absolute atomic E-state index is 12.1. The highest BCUT2D eigenvalue weighted by molar-refractivity contribution is 5.85. The van der Waals surface area contributed by atoms with E-state index >= 15 is 0 Å². The first kappa shape index (κ1) is 13.2. The van der Waals surface area contributed by atoms with Gasteiger partial charge in [0.2, 0.25) is 0 Å². The van der Waals surface area contributed by atoms with Gasteiger partial charge in [0.15, 0.2) is 0 Å². The molecule has 92 valence electrons. The Hall–Kier alpha value is -1.84. The molecule has 0 saturated carbocycles. The average Bonchev–Trinajstić information content (AvgIpc) is 2.26. The van der Waals surface area contributed by atoms with Crippen molar-refractivity contribution in [2.24, 2.45) is 0 Å². The highest BCUT2D eigenvalue weighted by atomic mass is 16.4. The fourth-order valence-electron chi connectivity index (χ4n) is 1.73. The fourth-order valence-corrected chi connectivity index (χ4v) is 1.73. The van der Waals surface area contributed by atoms with Crippen LogP contribution in [0.5, 0.6) is 0 Å². The molecule has 0 atom stereocenters. The molecule has 0 aliphatic carbocycles. The third-order valence-corrected chi connectivity index (χ3v) is 2.55. The summed E-state index contributed by atoms with van der Waals surface area (Å²) in [5, 5.41) is 8.54. The predicted molar refractivity (Wildman–Crippen MR) is 67.1 cm³/mol. The molecule has 0 bridgehead atoms. The Morgan fingerprint density at radius 3 is 2.59 bits per heavy atom. The minimum Gasteiger partial charge on any atom is -0.478 e. The quantitative estimate of drug-likeness (QED) is 0.813. The highest BCUT2D eigenvalue weighted by Crippen LogP contribution is 2.13. The second-order valence-electron chi connectivity index (χ2n) is 4.09. The minimum absolute atomic E-state index is 0.142. The first-order chi connectivity index (χ1) is 7.97. The molecule has 0 unspecified atom stereocenters. The van der Waals surface area contributed by atoms with Gasteiger partial charge in [-0.25, -0.2) is 4.79 Å². The molecule has 0 aliphatic heterocycles. The summed E-state index contributed by atoms with van der Waals surface area (Å²) in [5.41, 5.74) is 1.22. The van der Waals surface area contributed by atoms with Crippen LogP contribution in [-0.4, -0.2) is 15.6 Å². The first-order valence-electron chi connectivity index (χ1n) is 5.62. The van der Waals surface area contributed by atoms with Gasteiger partial charge in [0.05, 0.1) is 0 Å². The lowest BCUT2D eigenvalue weighted by molar-refractivity contribution is -0.131. The van der Waals surface area contributed by atoms with E-state index in [0.717, 1.165) is 11.8 Å². The molecule has 17 heavy (non-hydrogen) atoms. The van der Waals surface area contributed by atoms with Gasteiger partial charge in [-0.1, -0.05) is 13.8 Å². The molecule has 1 heterocycles. The molecule has 0 spiro atoms. The summed E-state index contributed by atoms with van der Waals surface area (Å²) in [6.07, 6.45) is 2.31. The Kier molecular flexibility index (Phi) is 4.26. The summed E-state index contributed by atoms with van der Waals surface area (Å²) in [6.45, 7) is 6.53. The second-order valence-corrected chi connectivity index (χ2v) is 4.09. The molecule has 4 nitrogen and oxygen atoms in total. The molecule has 0 amide bonds. The van der Waals surface area contributed by atoms with E-state index in [1.165, 1.54) is 6.08 Å². The number of aromatic nitrogens is 1. The van der Waals surface area contributed by atoms with E-state index in [1.807, 2.05) is 26.8 Å². The van der Waals surface area contributed by atoms with Crippen LogP contribution in [0.15, 0.2) is 23.0 Å². The number of carboxylic acid groups (broad SMARTS) is 1. The number of rotatable bonds is 4. The monoisotopic (exact) mass is 235 g/mol. The van der Waals surface area contributed by atoms with Gasteiger partial charge in [-0.15, -0.1) is 0 Å². The Balaban J connectivity index is 3.30. The smallest absolute Gasteiger partial charge is 0.328 e. The summed E-state index contributed by atoms with van der Waals surface area (Å²) in [5.74, 6) is -0.791. The van der Waals surface area contributed by atoms with Gasteiger partial charge in [-0.3, -0.25) is 4.79 Å². The Labute approximate surface area is 100 Å². The summed E-state index contributed by atoms with van der Waals surface area (Å²) in [7, 11) is 0. The van der Waals surface area contributed by atoms with Crippen molar-refractivity contribution < 1.29 is 9.90 Å². The van der Waals surface area contributed by atoms with E-state index in [1.54, 1.807) is 10.6 Å². The lowest BCUT2D eigenvalue weighted by atomic mass is 10.1. The largest absolute Gasteiger partial charge is 0.478 e. The number of carbonyl (C=O) groups is 1.